The number of benzene rings is 2. The van der Waals surface area contributed by atoms with Crippen molar-refractivity contribution in [1.29, 1.82) is 0 Å². The first-order valence-electron chi connectivity index (χ1n) is 9.15. The number of carbonyl (C=O) groups is 2. The second-order valence-electron chi connectivity index (χ2n) is 6.21. The van der Waals surface area contributed by atoms with E-state index in [0.29, 0.717) is 11.5 Å². The molecule has 1 aliphatic rings. The van der Waals surface area contributed by atoms with Gasteiger partial charge in [0.1, 0.15) is 6.29 Å². The summed E-state index contributed by atoms with van der Waals surface area (Å²) in [6, 6.07) is 15.8. The lowest BCUT2D eigenvalue weighted by atomic mass is 9.99. The number of aliphatic carboxylic acids is 1. The van der Waals surface area contributed by atoms with E-state index in [4.69, 9.17) is 5.11 Å². The molecule has 0 bridgehead atoms. The maximum Gasteiger partial charge on any atom is 0.306 e. The third kappa shape index (κ3) is 6.72. The van der Waals surface area contributed by atoms with Crippen LogP contribution in [-0.2, 0) is 4.79 Å². The van der Waals surface area contributed by atoms with E-state index < -0.39 is 5.97 Å². The van der Waals surface area contributed by atoms with E-state index in [1.54, 1.807) is 0 Å². The highest BCUT2D eigenvalue weighted by Crippen LogP contribution is 2.30. The molecule has 1 fully saturated rings. The molecule has 0 aromatic heterocycles. The van der Waals surface area contributed by atoms with Crippen LogP contribution in [0.5, 0.6) is 0 Å². The van der Waals surface area contributed by atoms with E-state index in [0.717, 1.165) is 31.1 Å². The van der Waals surface area contributed by atoms with Crippen LogP contribution >= 0.6 is 9.24 Å². The Balaban J connectivity index is 0.000000263. The van der Waals surface area contributed by atoms with Crippen molar-refractivity contribution >= 4 is 26.8 Å². The fraction of sp³-hybridized carbons (Fsp3) is 0.364. The lowest BCUT2D eigenvalue weighted by molar-refractivity contribution is -0.142. The fourth-order valence-corrected chi connectivity index (χ4v) is 3.13. The zero-order valence-electron chi connectivity index (χ0n) is 15.8. The van der Waals surface area contributed by atoms with Gasteiger partial charge in [-0.2, -0.15) is 0 Å². The molecule has 1 aliphatic carbocycles. The Labute approximate surface area is 159 Å². The van der Waals surface area contributed by atoms with Gasteiger partial charge in [0.05, 0.1) is 5.92 Å². The summed E-state index contributed by atoms with van der Waals surface area (Å²) < 4.78 is 0. The van der Waals surface area contributed by atoms with Crippen molar-refractivity contribution in [3.63, 3.8) is 0 Å². The molecular weight excluding hydrogens is 343 g/mol. The molecule has 3 rings (SSSR count). The summed E-state index contributed by atoms with van der Waals surface area (Å²) in [6.45, 7) is 6.02. The third-order valence-electron chi connectivity index (χ3n) is 4.47. The molecule has 0 heterocycles. The molecule has 0 spiro atoms. The van der Waals surface area contributed by atoms with Gasteiger partial charge in [0.25, 0.3) is 0 Å². The van der Waals surface area contributed by atoms with E-state index in [2.05, 4.69) is 21.4 Å². The smallest absolute Gasteiger partial charge is 0.306 e. The monoisotopic (exact) mass is 372 g/mol. The zero-order valence-corrected chi connectivity index (χ0v) is 17.0. The van der Waals surface area contributed by atoms with Gasteiger partial charge in [0, 0.05) is 5.56 Å². The summed E-state index contributed by atoms with van der Waals surface area (Å²) in [5.74, 6) is -0.257. The van der Waals surface area contributed by atoms with Gasteiger partial charge in [-0.1, -0.05) is 75.7 Å². The molecule has 26 heavy (non-hydrogen) atoms. The number of hydrogen-bond acceptors (Lipinski definition) is 2. The van der Waals surface area contributed by atoms with Crippen LogP contribution < -0.4 is 5.30 Å². The second-order valence-corrected chi connectivity index (χ2v) is 6.88. The van der Waals surface area contributed by atoms with Crippen LogP contribution in [0.3, 0.4) is 0 Å². The highest BCUT2D eigenvalue weighted by Gasteiger charge is 2.28. The quantitative estimate of drug-likeness (QED) is 0.595. The van der Waals surface area contributed by atoms with Gasteiger partial charge in [-0.25, -0.2) is 0 Å². The van der Waals surface area contributed by atoms with E-state index in [9.17, 15) is 9.59 Å². The summed E-state index contributed by atoms with van der Waals surface area (Å²) >= 11 is 0. The molecule has 2 aromatic rings. The average molecular weight is 372 g/mol. The largest absolute Gasteiger partial charge is 0.481 e. The van der Waals surface area contributed by atoms with Crippen LogP contribution in [0.15, 0.2) is 48.5 Å². The predicted molar refractivity (Wildman–Crippen MR) is 112 cm³/mol. The number of rotatable bonds is 3. The number of aldehydes is 1. The molecule has 0 radical (unpaired) electrons. The number of carbonyl (C=O) groups excluding carboxylic acids is 1. The Morgan fingerprint density at radius 2 is 1.50 bits per heavy atom. The van der Waals surface area contributed by atoms with Crippen molar-refractivity contribution in [3.8, 4) is 11.1 Å². The lowest BCUT2D eigenvalue weighted by Crippen LogP contribution is -2.15. The molecule has 4 heteroatoms. The number of carboxylic acid groups (broad SMARTS) is 1. The summed E-state index contributed by atoms with van der Waals surface area (Å²) in [7, 11) is 2.66. The van der Waals surface area contributed by atoms with Gasteiger partial charge in [-0.05, 0) is 35.2 Å². The van der Waals surface area contributed by atoms with Crippen LogP contribution in [0.25, 0.3) is 11.1 Å². The van der Waals surface area contributed by atoms with E-state index >= 15 is 0 Å². The molecule has 1 saturated carbocycles. The third-order valence-corrected chi connectivity index (χ3v) is 4.85. The minimum atomic E-state index is -0.611. The molecule has 3 nitrogen and oxygen atoms in total. The Hall–Kier alpha value is -1.99. The molecule has 2 aromatic carbocycles. The van der Waals surface area contributed by atoms with Crippen molar-refractivity contribution in [2.24, 2.45) is 11.8 Å². The molecular formula is C22H29O3P. The van der Waals surface area contributed by atoms with E-state index in [-0.39, 0.29) is 5.92 Å². The Bertz CT molecular complexity index is 678. The molecule has 140 valence electrons. The van der Waals surface area contributed by atoms with Gasteiger partial charge >= 0.3 is 5.97 Å². The van der Waals surface area contributed by atoms with Gasteiger partial charge in [0.15, 0.2) is 0 Å². The van der Waals surface area contributed by atoms with Gasteiger partial charge in [0.2, 0.25) is 0 Å². The number of carboxylic acids is 1. The summed E-state index contributed by atoms with van der Waals surface area (Å²) in [4.78, 5) is 20.9. The number of hydrogen-bond donors (Lipinski definition) is 1. The maximum atomic E-state index is 10.5. The Morgan fingerprint density at radius 3 is 1.85 bits per heavy atom. The van der Waals surface area contributed by atoms with Crippen molar-refractivity contribution in [1.82, 2.24) is 0 Å². The first-order chi connectivity index (χ1) is 12.5. The van der Waals surface area contributed by atoms with Gasteiger partial charge in [-0.3, -0.25) is 9.59 Å². The lowest BCUT2D eigenvalue weighted by Gasteiger charge is -2.07. The van der Waals surface area contributed by atoms with Crippen LogP contribution in [-0.4, -0.2) is 17.4 Å². The Kier molecular flexibility index (Phi) is 9.83. The summed E-state index contributed by atoms with van der Waals surface area (Å²) in [5, 5.41) is 9.75. The predicted octanol–water partition coefficient (Wildman–Crippen LogP) is 5.20. The molecule has 2 unspecified atom stereocenters. The van der Waals surface area contributed by atoms with Gasteiger partial charge in [-0.15, -0.1) is 9.24 Å². The highest BCUT2D eigenvalue weighted by atomic mass is 31.0. The first kappa shape index (κ1) is 22.1. The van der Waals surface area contributed by atoms with Crippen LogP contribution in [0.1, 0.15) is 50.4 Å². The Morgan fingerprint density at radius 1 is 1.00 bits per heavy atom. The van der Waals surface area contributed by atoms with E-state index in [1.807, 2.05) is 57.2 Å². The van der Waals surface area contributed by atoms with Crippen LogP contribution in [0.4, 0.5) is 0 Å². The molecule has 0 amide bonds. The average Bonchev–Trinajstić information content (AvgIpc) is 3.11. The second kappa shape index (κ2) is 11.6. The first-order valence-corrected chi connectivity index (χ1v) is 9.73. The molecule has 0 aliphatic heterocycles. The summed E-state index contributed by atoms with van der Waals surface area (Å²) in [6.07, 6.45) is 3.93. The normalized spacial score (nSPS) is 18.0. The van der Waals surface area contributed by atoms with Crippen LogP contribution in [0.2, 0.25) is 0 Å². The fourth-order valence-electron chi connectivity index (χ4n) is 2.94. The van der Waals surface area contributed by atoms with Crippen molar-refractivity contribution < 1.29 is 14.7 Å². The summed E-state index contributed by atoms with van der Waals surface area (Å²) in [5.41, 5.74) is 3.01. The zero-order chi connectivity index (χ0) is 19.5. The topological polar surface area (TPSA) is 54.4 Å². The van der Waals surface area contributed by atoms with Crippen molar-refractivity contribution in [3.05, 3.63) is 54.1 Å². The van der Waals surface area contributed by atoms with Crippen molar-refractivity contribution in [2.75, 3.05) is 0 Å². The minimum Gasteiger partial charge on any atom is -0.481 e. The molecule has 3 atom stereocenters. The van der Waals surface area contributed by atoms with E-state index in [1.165, 1.54) is 10.9 Å². The maximum absolute atomic E-state index is 10.5. The highest BCUT2D eigenvalue weighted by molar-refractivity contribution is 7.27. The van der Waals surface area contributed by atoms with Crippen molar-refractivity contribution in [2.45, 2.75) is 40.0 Å². The minimum absolute atomic E-state index is 0.0509. The van der Waals surface area contributed by atoms with Gasteiger partial charge < -0.3 is 5.11 Å². The SMILES string of the molecule is CC.C[C@@H]1CCCC1C(=O)O.O=Cc1ccc(-c2ccc(P)cc2)cc1. The van der Waals surface area contributed by atoms with Crippen LogP contribution in [0, 0.1) is 11.8 Å². The molecule has 1 N–H and O–H groups in total. The standard InChI is InChI=1S/C13H11OP.C7H12O2.C2H6/c14-9-10-1-3-11(4-2-10)12-5-7-13(15)8-6-12;1-5-3-2-4-6(5)7(8)9;1-2/h1-9H,15H2;5-6H,2-4H2,1H3,(H,8,9);1-2H3/t;5-,6?;/m.1./s1. The molecule has 0 saturated heterocycles.